The van der Waals surface area contributed by atoms with Gasteiger partial charge in [-0.1, -0.05) is 0 Å². The lowest BCUT2D eigenvalue weighted by Gasteiger charge is -2.18. The van der Waals surface area contributed by atoms with E-state index in [1.54, 1.807) is 19.2 Å². The summed E-state index contributed by atoms with van der Waals surface area (Å²) in [6.45, 7) is 4.50. The van der Waals surface area contributed by atoms with Crippen molar-refractivity contribution in [3.63, 3.8) is 0 Å². The van der Waals surface area contributed by atoms with Gasteiger partial charge in [-0.2, -0.15) is 0 Å². The van der Waals surface area contributed by atoms with Crippen molar-refractivity contribution in [3.8, 4) is 0 Å². The van der Waals surface area contributed by atoms with E-state index >= 15 is 0 Å². The molecule has 0 radical (unpaired) electrons. The number of nitrogens with one attached hydrogen (secondary N) is 2. The average Bonchev–Trinajstić information content (AvgIpc) is 2.04. The van der Waals surface area contributed by atoms with E-state index in [1.807, 2.05) is 5.32 Å². The molecule has 0 unspecified atom stereocenters. The summed E-state index contributed by atoms with van der Waals surface area (Å²) in [5.41, 5.74) is 4.67. The maximum absolute atomic E-state index is 11.2. The number of rotatable bonds is 2. The number of nitrogens with zero attached hydrogens (tertiary/aromatic N) is 1. The van der Waals surface area contributed by atoms with E-state index in [1.165, 1.54) is 4.90 Å². The zero-order valence-electron chi connectivity index (χ0n) is 8.16. The monoisotopic (exact) mass is 202 g/mol. The number of urea groups is 3. The third-order valence-corrected chi connectivity index (χ3v) is 1.51. The van der Waals surface area contributed by atoms with Gasteiger partial charge in [0.15, 0.2) is 0 Å². The molecule has 0 saturated carbocycles. The minimum absolute atomic E-state index is 0.478. The summed E-state index contributed by atoms with van der Waals surface area (Å²) in [7, 11) is 0. The van der Waals surface area contributed by atoms with Gasteiger partial charge in [0, 0.05) is 13.1 Å². The first-order valence-electron chi connectivity index (χ1n) is 4.17. The van der Waals surface area contributed by atoms with Crippen molar-refractivity contribution < 1.29 is 14.4 Å². The van der Waals surface area contributed by atoms with Gasteiger partial charge < -0.3 is 10.6 Å². The van der Waals surface area contributed by atoms with Gasteiger partial charge >= 0.3 is 18.1 Å². The summed E-state index contributed by atoms with van der Waals surface area (Å²) in [6, 6.07) is -2.49. The lowest BCUT2D eigenvalue weighted by molar-refractivity contribution is 0.199. The molecule has 80 valence electrons. The molecule has 0 fully saturated rings. The van der Waals surface area contributed by atoms with Gasteiger partial charge in [-0.15, -0.1) is 0 Å². The van der Waals surface area contributed by atoms with Crippen LogP contribution in [-0.4, -0.2) is 36.1 Å². The smallest absolute Gasteiger partial charge is 0.330 e. The number of imide groups is 2. The van der Waals surface area contributed by atoms with Gasteiger partial charge in [0.25, 0.3) is 0 Å². The van der Waals surface area contributed by atoms with Crippen molar-refractivity contribution >= 4 is 18.1 Å². The molecule has 0 atom stereocenters. The quantitative estimate of drug-likeness (QED) is 0.578. The lowest BCUT2D eigenvalue weighted by atomic mass is 10.5. The Morgan fingerprint density at radius 2 is 1.64 bits per heavy atom. The lowest BCUT2D eigenvalue weighted by Crippen LogP contribution is -2.49. The van der Waals surface area contributed by atoms with Crippen LogP contribution in [0, 0.1) is 0 Å². The minimum Gasteiger partial charge on any atom is -0.351 e. The van der Waals surface area contributed by atoms with Crippen LogP contribution in [0.1, 0.15) is 13.8 Å². The van der Waals surface area contributed by atoms with E-state index in [2.05, 4.69) is 5.73 Å². The Morgan fingerprint density at radius 1 is 1.14 bits per heavy atom. The van der Waals surface area contributed by atoms with Crippen molar-refractivity contribution in [2.75, 3.05) is 13.1 Å². The fraction of sp³-hybridized carbons (Fsp3) is 0.571. The molecule has 0 bridgehead atoms. The van der Waals surface area contributed by atoms with E-state index < -0.39 is 18.1 Å². The second-order valence-electron chi connectivity index (χ2n) is 2.42. The molecular formula is C7H14N4O3. The third-order valence-electron chi connectivity index (χ3n) is 1.51. The van der Waals surface area contributed by atoms with Crippen molar-refractivity contribution in [1.82, 2.24) is 15.5 Å². The van der Waals surface area contributed by atoms with Crippen LogP contribution in [0.2, 0.25) is 0 Å². The molecule has 0 aromatic heterocycles. The Balaban J connectivity index is 4.04. The number of hydrogen-bond donors (Lipinski definition) is 3. The molecule has 0 aromatic carbocycles. The zero-order chi connectivity index (χ0) is 11.1. The summed E-state index contributed by atoms with van der Waals surface area (Å²) in [5.74, 6) is 0. The molecule has 0 aromatic rings. The van der Waals surface area contributed by atoms with Crippen LogP contribution < -0.4 is 16.4 Å². The largest absolute Gasteiger partial charge is 0.351 e. The van der Waals surface area contributed by atoms with Gasteiger partial charge in [-0.3, -0.25) is 10.6 Å². The standard InChI is InChI=1S/C7H14N4O3/c1-3-11(4-2)7(14)10-6(13)9-5(8)12/h3-4H2,1-2H3,(H4,8,9,10,12,13,14). The Hall–Kier alpha value is -1.79. The van der Waals surface area contributed by atoms with Crippen molar-refractivity contribution in [1.29, 1.82) is 0 Å². The fourth-order valence-electron chi connectivity index (χ4n) is 0.830. The molecule has 7 heteroatoms. The van der Waals surface area contributed by atoms with Crippen LogP contribution in [-0.2, 0) is 0 Å². The Kier molecular flexibility index (Phi) is 5.05. The highest BCUT2D eigenvalue weighted by atomic mass is 16.2. The minimum atomic E-state index is -1.00. The highest BCUT2D eigenvalue weighted by molar-refractivity contribution is 6.00. The summed E-state index contributed by atoms with van der Waals surface area (Å²) in [5, 5.41) is 3.67. The molecule has 6 amide bonds. The second kappa shape index (κ2) is 5.79. The van der Waals surface area contributed by atoms with Crippen LogP contribution in [0.15, 0.2) is 0 Å². The normalized spacial score (nSPS) is 9.00. The van der Waals surface area contributed by atoms with E-state index in [0.717, 1.165) is 0 Å². The van der Waals surface area contributed by atoms with Crippen molar-refractivity contribution in [2.24, 2.45) is 5.73 Å². The Morgan fingerprint density at radius 3 is 2.00 bits per heavy atom. The zero-order valence-corrected chi connectivity index (χ0v) is 8.16. The summed E-state index contributed by atoms with van der Waals surface area (Å²) in [4.78, 5) is 33.6. The average molecular weight is 202 g/mol. The molecule has 0 rings (SSSR count). The molecule has 0 spiro atoms. The summed E-state index contributed by atoms with van der Waals surface area (Å²) < 4.78 is 0. The molecule has 7 nitrogen and oxygen atoms in total. The molecule has 4 N–H and O–H groups in total. The number of amides is 6. The molecule has 0 heterocycles. The van der Waals surface area contributed by atoms with Crippen molar-refractivity contribution in [2.45, 2.75) is 13.8 Å². The van der Waals surface area contributed by atoms with Gasteiger partial charge in [0.1, 0.15) is 0 Å². The summed E-state index contributed by atoms with van der Waals surface area (Å²) in [6.07, 6.45) is 0. The number of hydrogen-bond acceptors (Lipinski definition) is 3. The Labute approximate surface area is 81.6 Å². The van der Waals surface area contributed by atoms with Gasteiger partial charge in [0.05, 0.1) is 0 Å². The van der Waals surface area contributed by atoms with E-state index in [-0.39, 0.29) is 0 Å². The summed E-state index contributed by atoms with van der Waals surface area (Å²) >= 11 is 0. The second-order valence-corrected chi connectivity index (χ2v) is 2.42. The predicted octanol–water partition coefficient (Wildman–Crippen LogP) is -0.174. The topological polar surface area (TPSA) is 105 Å². The number of nitrogens with two attached hydrogens (primary N) is 1. The van der Waals surface area contributed by atoms with E-state index in [0.29, 0.717) is 13.1 Å². The molecule has 0 saturated heterocycles. The van der Waals surface area contributed by atoms with Crippen LogP contribution in [0.25, 0.3) is 0 Å². The number of carbonyl (C=O) groups excluding carboxylic acids is 3. The molecule has 14 heavy (non-hydrogen) atoms. The maximum Gasteiger partial charge on any atom is 0.330 e. The predicted molar refractivity (Wildman–Crippen MR) is 49.6 cm³/mol. The number of carbonyl (C=O) groups is 3. The number of primary amides is 1. The first kappa shape index (κ1) is 12.2. The van der Waals surface area contributed by atoms with Crippen LogP contribution in [0.3, 0.4) is 0 Å². The highest BCUT2D eigenvalue weighted by Crippen LogP contribution is 1.87. The van der Waals surface area contributed by atoms with Crippen LogP contribution >= 0.6 is 0 Å². The first-order chi connectivity index (χ1) is 6.51. The van der Waals surface area contributed by atoms with Crippen molar-refractivity contribution in [3.05, 3.63) is 0 Å². The van der Waals surface area contributed by atoms with E-state index in [4.69, 9.17) is 0 Å². The molecule has 0 aliphatic carbocycles. The Bertz CT molecular complexity index is 237. The SMILES string of the molecule is CCN(CC)C(=O)NC(=O)NC(N)=O. The fourth-order valence-corrected chi connectivity index (χ4v) is 0.830. The molecule has 0 aliphatic rings. The van der Waals surface area contributed by atoms with Crippen LogP contribution in [0.4, 0.5) is 14.4 Å². The maximum atomic E-state index is 11.2. The molecule has 0 aliphatic heterocycles. The highest BCUT2D eigenvalue weighted by Gasteiger charge is 2.13. The van der Waals surface area contributed by atoms with Crippen LogP contribution in [0.5, 0.6) is 0 Å². The third kappa shape index (κ3) is 4.29. The molecular weight excluding hydrogens is 188 g/mol. The van der Waals surface area contributed by atoms with E-state index in [9.17, 15) is 14.4 Å². The van der Waals surface area contributed by atoms with Gasteiger partial charge in [0.2, 0.25) is 0 Å². The first-order valence-corrected chi connectivity index (χ1v) is 4.17. The van der Waals surface area contributed by atoms with Gasteiger partial charge in [-0.25, -0.2) is 14.4 Å². The van der Waals surface area contributed by atoms with Gasteiger partial charge in [-0.05, 0) is 13.8 Å².